The highest BCUT2D eigenvalue weighted by Crippen LogP contribution is 2.29. The van der Waals surface area contributed by atoms with Gasteiger partial charge in [0.05, 0.1) is 23.1 Å². The Morgan fingerprint density at radius 3 is 2.90 bits per heavy atom. The molecule has 150 valence electrons. The highest BCUT2D eigenvalue weighted by Gasteiger charge is 2.26. The van der Waals surface area contributed by atoms with Crippen LogP contribution in [0.15, 0.2) is 67.0 Å². The molecular formula is C24H21ClN4O. The summed E-state index contributed by atoms with van der Waals surface area (Å²) in [7, 11) is 0. The maximum Gasteiger partial charge on any atom is 0.253 e. The minimum absolute atomic E-state index is 0.0576. The molecule has 1 amide bonds. The summed E-state index contributed by atoms with van der Waals surface area (Å²) >= 11 is 6.15. The molecule has 1 aliphatic heterocycles. The van der Waals surface area contributed by atoms with Crippen molar-refractivity contribution in [2.75, 3.05) is 13.1 Å². The zero-order valence-electron chi connectivity index (χ0n) is 16.4. The third-order valence-corrected chi connectivity index (χ3v) is 5.92. The van der Waals surface area contributed by atoms with Crippen LogP contribution in [0, 0.1) is 0 Å². The van der Waals surface area contributed by atoms with Crippen LogP contribution in [-0.2, 0) is 0 Å². The van der Waals surface area contributed by atoms with Crippen LogP contribution in [0.2, 0.25) is 5.02 Å². The van der Waals surface area contributed by atoms with Crippen molar-refractivity contribution < 1.29 is 4.79 Å². The molecule has 3 heterocycles. The molecule has 6 heteroatoms. The smallest absolute Gasteiger partial charge is 0.253 e. The number of piperidine rings is 1. The van der Waals surface area contributed by atoms with Gasteiger partial charge in [-0.25, -0.2) is 4.98 Å². The van der Waals surface area contributed by atoms with Gasteiger partial charge in [-0.15, -0.1) is 0 Å². The number of carbonyl (C=O) groups is 1. The lowest BCUT2D eigenvalue weighted by Gasteiger charge is -2.32. The molecule has 0 saturated carbocycles. The van der Waals surface area contributed by atoms with Crippen molar-refractivity contribution in [2.24, 2.45) is 0 Å². The summed E-state index contributed by atoms with van der Waals surface area (Å²) < 4.78 is 0. The number of hydrogen-bond acceptors (Lipinski definition) is 3. The Kier molecular flexibility index (Phi) is 4.97. The van der Waals surface area contributed by atoms with Crippen molar-refractivity contribution in [3.05, 3.63) is 83.3 Å². The van der Waals surface area contributed by atoms with Gasteiger partial charge in [-0.3, -0.25) is 9.78 Å². The van der Waals surface area contributed by atoms with Gasteiger partial charge in [0.15, 0.2) is 0 Å². The van der Waals surface area contributed by atoms with E-state index in [4.69, 9.17) is 16.6 Å². The van der Waals surface area contributed by atoms with Crippen LogP contribution in [0.1, 0.15) is 34.8 Å². The number of aromatic nitrogens is 3. The minimum Gasteiger partial charge on any atom is -0.345 e. The van der Waals surface area contributed by atoms with E-state index < -0.39 is 0 Å². The molecule has 5 rings (SSSR count). The number of H-pyrrole nitrogens is 1. The number of pyridine rings is 1. The van der Waals surface area contributed by atoms with Crippen molar-refractivity contribution >= 4 is 28.5 Å². The van der Waals surface area contributed by atoms with E-state index in [0.29, 0.717) is 17.1 Å². The summed E-state index contributed by atoms with van der Waals surface area (Å²) in [4.78, 5) is 27.3. The fourth-order valence-corrected chi connectivity index (χ4v) is 4.33. The van der Waals surface area contributed by atoms with Gasteiger partial charge < -0.3 is 9.88 Å². The predicted octanol–water partition coefficient (Wildman–Crippen LogP) is 5.30. The molecule has 1 fully saturated rings. The molecule has 0 radical (unpaired) electrons. The summed E-state index contributed by atoms with van der Waals surface area (Å²) in [6.07, 6.45) is 3.63. The second-order valence-electron chi connectivity index (χ2n) is 7.68. The van der Waals surface area contributed by atoms with Gasteiger partial charge in [0.2, 0.25) is 0 Å². The van der Waals surface area contributed by atoms with Crippen LogP contribution in [0.25, 0.3) is 22.3 Å². The molecule has 1 aliphatic rings. The second-order valence-corrected chi connectivity index (χ2v) is 8.12. The van der Waals surface area contributed by atoms with E-state index in [1.807, 2.05) is 59.5 Å². The van der Waals surface area contributed by atoms with E-state index in [-0.39, 0.29) is 11.8 Å². The summed E-state index contributed by atoms with van der Waals surface area (Å²) in [5, 5.41) is 0.698. The lowest BCUT2D eigenvalue weighted by atomic mass is 9.93. The highest BCUT2D eigenvalue weighted by atomic mass is 35.5. The normalized spacial score (nSPS) is 16.7. The predicted molar refractivity (Wildman–Crippen MR) is 119 cm³/mol. The van der Waals surface area contributed by atoms with Crippen molar-refractivity contribution in [2.45, 2.75) is 18.8 Å². The maximum atomic E-state index is 13.1. The van der Waals surface area contributed by atoms with Crippen molar-refractivity contribution in [1.82, 2.24) is 19.9 Å². The molecule has 4 aromatic rings. The number of likely N-dealkylation sites (tertiary alicyclic amines) is 1. The van der Waals surface area contributed by atoms with Crippen LogP contribution in [0.3, 0.4) is 0 Å². The molecule has 5 nitrogen and oxygen atoms in total. The average Bonchev–Trinajstić information content (AvgIpc) is 3.27. The lowest BCUT2D eigenvalue weighted by Crippen LogP contribution is -2.39. The van der Waals surface area contributed by atoms with E-state index in [9.17, 15) is 4.79 Å². The summed E-state index contributed by atoms with van der Waals surface area (Å²) in [6.45, 7) is 1.44. The van der Waals surface area contributed by atoms with Gasteiger partial charge in [-0.1, -0.05) is 29.8 Å². The third kappa shape index (κ3) is 3.68. The Morgan fingerprint density at radius 2 is 2.00 bits per heavy atom. The molecule has 0 aliphatic carbocycles. The van der Waals surface area contributed by atoms with Crippen molar-refractivity contribution in [1.29, 1.82) is 0 Å². The number of carbonyl (C=O) groups excluding carboxylic acids is 1. The van der Waals surface area contributed by atoms with E-state index in [1.165, 1.54) is 0 Å². The van der Waals surface area contributed by atoms with Gasteiger partial charge in [0.25, 0.3) is 5.91 Å². The fourth-order valence-electron chi connectivity index (χ4n) is 4.14. The first-order valence-corrected chi connectivity index (χ1v) is 10.5. The molecule has 1 unspecified atom stereocenters. The SMILES string of the molecule is O=C(c1ccc2nc[nH]c2c1)N1CCCC(c2cccc(-c3cccc(Cl)c3)n2)C1. The van der Waals surface area contributed by atoms with Crippen LogP contribution >= 0.6 is 11.6 Å². The van der Waals surface area contributed by atoms with Crippen LogP contribution in [0.5, 0.6) is 0 Å². The number of hydrogen-bond donors (Lipinski definition) is 1. The van der Waals surface area contributed by atoms with Gasteiger partial charge in [-0.2, -0.15) is 0 Å². The average molecular weight is 417 g/mol. The maximum absolute atomic E-state index is 13.1. The number of benzene rings is 2. The molecule has 1 atom stereocenters. The Labute approximate surface area is 179 Å². The molecular weight excluding hydrogens is 396 g/mol. The number of nitrogens with zero attached hydrogens (tertiary/aromatic N) is 3. The largest absolute Gasteiger partial charge is 0.345 e. The number of fused-ring (bicyclic) bond motifs is 1. The quantitative estimate of drug-likeness (QED) is 0.493. The van der Waals surface area contributed by atoms with Crippen LogP contribution in [0.4, 0.5) is 0 Å². The molecule has 1 saturated heterocycles. The van der Waals surface area contributed by atoms with Crippen molar-refractivity contribution in [3.8, 4) is 11.3 Å². The molecule has 0 spiro atoms. The molecule has 1 N–H and O–H groups in total. The first-order valence-electron chi connectivity index (χ1n) is 10.1. The van der Waals surface area contributed by atoms with Crippen LogP contribution in [-0.4, -0.2) is 38.8 Å². The zero-order valence-corrected chi connectivity index (χ0v) is 17.1. The fraction of sp³-hybridized carbons (Fsp3) is 0.208. The van der Waals surface area contributed by atoms with Crippen LogP contribution < -0.4 is 0 Å². The lowest BCUT2D eigenvalue weighted by molar-refractivity contribution is 0.0706. The first-order chi connectivity index (χ1) is 14.7. The number of nitrogens with one attached hydrogen (secondary N) is 1. The standard InChI is InChI=1S/C24H21ClN4O/c25-19-6-1-4-16(12-19)20-7-2-8-21(28-20)18-5-3-11-29(14-18)24(30)17-9-10-22-23(13-17)27-15-26-22/h1-2,4,6-10,12-13,15,18H,3,5,11,14H2,(H,26,27). The van der Waals surface area contributed by atoms with E-state index >= 15 is 0 Å². The molecule has 2 aromatic heterocycles. The minimum atomic E-state index is 0.0576. The summed E-state index contributed by atoms with van der Waals surface area (Å²) in [6, 6.07) is 19.4. The van der Waals surface area contributed by atoms with Gasteiger partial charge in [0, 0.05) is 40.9 Å². The molecule has 30 heavy (non-hydrogen) atoms. The Bertz CT molecular complexity index is 1220. The monoisotopic (exact) mass is 416 g/mol. The number of imidazole rings is 1. The van der Waals surface area contributed by atoms with Gasteiger partial charge in [-0.05, 0) is 55.3 Å². The first kappa shape index (κ1) is 18.8. The topological polar surface area (TPSA) is 61.9 Å². The van der Waals surface area contributed by atoms with Gasteiger partial charge in [0.1, 0.15) is 0 Å². The highest BCUT2D eigenvalue weighted by molar-refractivity contribution is 6.30. The second kappa shape index (κ2) is 7.92. The van der Waals surface area contributed by atoms with Gasteiger partial charge >= 0.3 is 0 Å². The Morgan fingerprint density at radius 1 is 1.10 bits per heavy atom. The Hall–Kier alpha value is -3.18. The Balaban J connectivity index is 1.37. The molecule has 0 bridgehead atoms. The number of halogens is 1. The van der Waals surface area contributed by atoms with E-state index in [1.54, 1.807) is 6.33 Å². The zero-order chi connectivity index (χ0) is 20.5. The number of rotatable bonds is 3. The molecule has 2 aromatic carbocycles. The number of aromatic amines is 1. The third-order valence-electron chi connectivity index (χ3n) is 5.69. The summed E-state index contributed by atoms with van der Waals surface area (Å²) in [5.41, 5.74) is 5.36. The van der Waals surface area contributed by atoms with Crippen molar-refractivity contribution in [3.63, 3.8) is 0 Å². The number of amides is 1. The summed E-state index contributed by atoms with van der Waals surface area (Å²) in [5.74, 6) is 0.278. The van der Waals surface area contributed by atoms with E-state index in [0.717, 1.165) is 47.4 Å². The van der Waals surface area contributed by atoms with E-state index in [2.05, 4.69) is 16.0 Å².